The van der Waals surface area contributed by atoms with E-state index < -0.39 is 0 Å². The summed E-state index contributed by atoms with van der Waals surface area (Å²) in [6.07, 6.45) is 5.21. The summed E-state index contributed by atoms with van der Waals surface area (Å²) in [4.78, 5) is 13.7. The fourth-order valence-corrected chi connectivity index (χ4v) is 20.7. The van der Waals surface area contributed by atoms with Crippen LogP contribution in [0, 0.1) is 11.8 Å². The predicted octanol–water partition coefficient (Wildman–Crippen LogP) is 21.2. The van der Waals surface area contributed by atoms with Crippen LogP contribution >= 0.6 is 11.8 Å². The molecular formula is C96H74B2N4S. The molecule has 8 aliphatic rings. The van der Waals surface area contributed by atoms with Crippen molar-refractivity contribution in [3.05, 3.63) is 327 Å². The molecule has 4 unspecified atom stereocenters. The van der Waals surface area contributed by atoms with Crippen LogP contribution in [0.25, 0.3) is 66.8 Å². The van der Waals surface area contributed by atoms with Crippen molar-refractivity contribution >= 4 is 115 Å². The minimum atomic E-state index is -0.219. The first-order chi connectivity index (χ1) is 50.7. The molecule has 103 heavy (non-hydrogen) atoms. The average molecular weight is 1340 g/mol. The highest BCUT2D eigenvalue weighted by Gasteiger charge is 2.54. The van der Waals surface area contributed by atoms with E-state index in [1.165, 1.54) is 192 Å². The van der Waals surface area contributed by atoms with E-state index in [-0.39, 0.29) is 18.8 Å². The van der Waals surface area contributed by atoms with Gasteiger partial charge in [-0.2, -0.15) is 0 Å². The van der Waals surface area contributed by atoms with E-state index in [1.807, 2.05) is 11.8 Å². The highest BCUT2D eigenvalue weighted by molar-refractivity contribution is 8.00. The van der Waals surface area contributed by atoms with Crippen LogP contribution in [0.15, 0.2) is 331 Å². The molecule has 0 radical (unpaired) electrons. The number of para-hydroxylation sites is 3. The Morgan fingerprint density at radius 3 is 1.23 bits per heavy atom. The zero-order valence-corrected chi connectivity index (χ0v) is 58.9. The van der Waals surface area contributed by atoms with Crippen LogP contribution in [0.4, 0.5) is 56.9 Å². The van der Waals surface area contributed by atoms with E-state index in [0.717, 1.165) is 17.5 Å². The smallest absolute Gasteiger partial charge is 0.252 e. The average Bonchev–Trinajstić information content (AvgIpc) is 1.09. The Labute approximate surface area is 609 Å². The second-order valence-electron chi connectivity index (χ2n) is 30.7. The Kier molecular flexibility index (Phi) is 13.9. The first kappa shape index (κ1) is 60.5. The quantitative estimate of drug-likeness (QED) is 0.126. The number of hydrogen-bond donors (Lipinski definition) is 0. The van der Waals surface area contributed by atoms with E-state index >= 15 is 0 Å². The summed E-state index contributed by atoms with van der Waals surface area (Å²) in [7, 11) is 0. The van der Waals surface area contributed by atoms with Gasteiger partial charge in [-0.05, 0) is 199 Å². The molecule has 0 N–H and O–H groups in total. The number of nitrogens with zero attached hydrogens (tertiary/aromatic N) is 4. The normalized spacial score (nSPS) is 17.5. The van der Waals surface area contributed by atoms with Crippen LogP contribution in [0.3, 0.4) is 0 Å². The van der Waals surface area contributed by atoms with Gasteiger partial charge in [-0.15, -0.1) is 0 Å². The highest BCUT2D eigenvalue weighted by Crippen LogP contribution is 2.59. The third kappa shape index (κ3) is 9.61. The molecule has 4 bridgehead atoms. The summed E-state index contributed by atoms with van der Waals surface area (Å²) >= 11 is 2.02. The van der Waals surface area contributed by atoms with Crippen LogP contribution in [-0.4, -0.2) is 25.5 Å². The number of rotatable bonds is 10. The van der Waals surface area contributed by atoms with Gasteiger partial charge in [0.15, 0.2) is 0 Å². The highest BCUT2D eigenvalue weighted by atomic mass is 32.2. The SMILES string of the molecule is CC(C)(C)c1cc2c3c(c1)N(c1c(-c4ccccc4)cc(-c4ccccc4)cc1-c1ccccc1)c1cc4c(cc1B3c1ccccc1N2c1ccccc1)B1c2ccccc2N(c2c(-c3ccccc3)cc(-c3ccccc3)cc2-c2ccccc2)c2cc(N3C5CC6CC(C5)C3C6)cc(c21)S4. The standard InChI is InChI=1S/C96H74B2N4S/c1-96(2,3)71-55-87-92-88(56-71)102(95-77(66-37-19-8-20-38-66)53-69(63-31-13-5-14-32-63)54-78(95)67-39-21-9-22-40-67)86-60-90-82(59-81(86)97(92)79-43-25-27-45-83(79)100(87)72-41-23-10-24-42-72)98-80-44-26-28-46-84(80)101(89-57-74(58-91(103-90)93(89)98)99-73-48-61-47-70(50-73)85(99)49-61)94-75(64-33-15-6-16-34-64)51-68(62-29-11-4-12-30-62)52-76(94)65-35-17-7-18-36-65/h4-46,51-61,70,73,85H,47-50H2,1-3H3. The van der Waals surface area contributed by atoms with Crippen molar-refractivity contribution in [2.75, 3.05) is 19.6 Å². The number of hydrogen-bond acceptors (Lipinski definition) is 5. The summed E-state index contributed by atoms with van der Waals surface area (Å²) in [5.41, 5.74) is 35.5. The summed E-state index contributed by atoms with van der Waals surface area (Å²) in [6, 6.07) is 124. The van der Waals surface area contributed by atoms with E-state index in [9.17, 15) is 0 Å². The summed E-state index contributed by atoms with van der Waals surface area (Å²) in [6.45, 7) is 6.93. The molecule has 14 aromatic rings. The lowest BCUT2D eigenvalue weighted by molar-refractivity contribution is 0.340. The zero-order chi connectivity index (χ0) is 68.2. The fraction of sp³-hybridized carbons (Fsp3) is 0.125. The van der Waals surface area contributed by atoms with Crippen LogP contribution in [-0.2, 0) is 5.41 Å². The van der Waals surface area contributed by atoms with Gasteiger partial charge < -0.3 is 19.6 Å². The third-order valence-corrected chi connectivity index (χ3v) is 25.0. The van der Waals surface area contributed by atoms with Gasteiger partial charge in [-0.25, -0.2) is 0 Å². The second kappa shape index (κ2) is 23.7. The zero-order valence-electron chi connectivity index (χ0n) is 58.1. The Morgan fingerprint density at radius 2 is 0.738 bits per heavy atom. The predicted molar refractivity (Wildman–Crippen MR) is 437 cm³/mol. The molecule has 2 aliphatic carbocycles. The Bertz CT molecular complexity index is 5590. The first-order valence-corrected chi connectivity index (χ1v) is 37.9. The summed E-state index contributed by atoms with van der Waals surface area (Å²) < 4.78 is 0. The van der Waals surface area contributed by atoms with Gasteiger partial charge in [0.1, 0.15) is 0 Å². The van der Waals surface area contributed by atoms with Crippen molar-refractivity contribution in [3.63, 3.8) is 0 Å². The van der Waals surface area contributed by atoms with Crippen molar-refractivity contribution in [3.8, 4) is 66.8 Å². The summed E-state index contributed by atoms with van der Waals surface area (Å²) in [5, 5.41) is 0. The van der Waals surface area contributed by atoms with Crippen LogP contribution in [0.5, 0.6) is 0 Å². The first-order valence-electron chi connectivity index (χ1n) is 37.0. The van der Waals surface area contributed by atoms with E-state index in [1.54, 1.807) is 0 Å². The van der Waals surface area contributed by atoms with Crippen molar-refractivity contribution in [2.45, 2.75) is 73.7 Å². The molecule has 2 saturated carbocycles. The molecule has 6 aliphatic heterocycles. The van der Waals surface area contributed by atoms with Crippen LogP contribution in [0.2, 0.25) is 0 Å². The molecule has 4 atom stereocenters. The Morgan fingerprint density at radius 1 is 0.311 bits per heavy atom. The molecule has 7 heteroatoms. The molecular weight excluding hydrogens is 1260 g/mol. The van der Waals surface area contributed by atoms with Gasteiger partial charge >= 0.3 is 0 Å². The lowest BCUT2D eigenvalue weighted by atomic mass is 9.31. The maximum absolute atomic E-state index is 2.94. The molecule has 6 heterocycles. The third-order valence-electron chi connectivity index (χ3n) is 23.8. The Hall–Kier alpha value is -11.2. The number of benzene rings is 14. The minimum Gasteiger partial charge on any atom is -0.365 e. The largest absolute Gasteiger partial charge is 0.365 e. The van der Waals surface area contributed by atoms with Crippen molar-refractivity contribution in [2.24, 2.45) is 11.8 Å². The topological polar surface area (TPSA) is 13.0 Å². The van der Waals surface area contributed by atoms with Gasteiger partial charge in [0.05, 0.1) is 11.4 Å². The maximum atomic E-state index is 2.94. The second-order valence-corrected chi connectivity index (χ2v) is 31.7. The molecule has 22 rings (SSSR count). The molecule has 490 valence electrons. The molecule has 0 aromatic heterocycles. The number of anilines is 10. The fourth-order valence-electron chi connectivity index (χ4n) is 19.5. The van der Waals surface area contributed by atoms with Crippen LogP contribution < -0.4 is 52.4 Å². The molecule has 0 spiro atoms. The lowest BCUT2D eigenvalue weighted by Gasteiger charge is -2.47. The maximum Gasteiger partial charge on any atom is 0.252 e. The van der Waals surface area contributed by atoms with E-state index in [2.05, 4.69) is 362 Å². The van der Waals surface area contributed by atoms with Gasteiger partial charge in [0.25, 0.3) is 6.71 Å². The van der Waals surface area contributed by atoms with Crippen molar-refractivity contribution in [1.29, 1.82) is 0 Å². The van der Waals surface area contributed by atoms with E-state index in [4.69, 9.17) is 0 Å². The number of piperidine rings is 1. The molecule has 0 amide bonds. The molecule has 14 aromatic carbocycles. The van der Waals surface area contributed by atoms with Crippen molar-refractivity contribution in [1.82, 2.24) is 0 Å². The van der Waals surface area contributed by atoms with Crippen LogP contribution in [0.1, 0.15) is 52.0 Å². The monoisotopic (exact) mass is 1340 g/mol. The number of fused-ring (bicyclic) bond motifs is 8. The summed E-state index contributed by atoms with van der Waals surface area (Å²) in [5.74, 6) is 1.56. The van der Waals surface area contributed by atoms with Gasteiger partial charge in [0.2, 0.25) is 6.71 Å². The van der Waals surface area contributed by atoms with E-state index in [0.29, 0.717) is 12.1 Å². The van der Waals surface area contributed by atoms with Gasteiger partial charge in [-0.1, -0.05) is 281 Å². The van der Waals surface area contributed by atoms with Gasteiger partial charge in [-0.3, -0.25) is 0 Å². The van der Waals surface area contributed by atoms with Gasteiger partial charge in [0, 0.05) is 89.6 Å². The Balaban J connectivity index is 0.876. The van der Waals surface area contributed by atoms with Crippen molar-refractivity contribution < 1.29 is 0 Å². The molecule has 4 fully saturated rings. The molecule has 2 saturated heterocycles. The lowest BCUT2D eigenvalue weighted by Crippen LogP contribution is -2.64. The molecule has 4 nitrogen and oxygen atoms in total. The minimum absolute atomic E-state index is 0.106.